The first-order valence-corrected chi connectivity index (χ1v) is 10.5. The van der Waals surface area contributed by atoms with Crippen molar-refractivity contribution in [2.24, 2.45) is 12.1 Å². The van der Waals surface area contributed by atoms with Crippen molar-refractivity contribution in [3.8, 4) is 0 Å². The zero-order valence-electron chi connectivity index (χ0n) is 14.7. The zero-order chi connectivity index (χ0) is 18.4. The summed E-state index contributed by atoms with van der Waals surface area (Å²) in [7, 11) is -1.42. The van der Waals surface area contributed by atoms with E-state index in [0.29, 0.717) is 12.1 Å². The monoisotopic (exact) mass is 427 g/mol. The summed E-state index contributed by atoms with van der Waals surface area (Å²) in [6.45, 7) is 4.63. The molecule has 0 saturated heterocycles. The van der Waals surface area contributed by atoms with Crippen LogP contribution in [-0.2, 0) is 23.6 Å². The van der Waals surface area contributed by atoms with Crippen LogP contribution in [-0.4, -0.2) is 24.4 Å². The van der Waals surface area contributed by atoms with Gasteiger partial charge in [0.05, 0.1) is 25.1 Å². The molecule has 0 fully saturated rings. The lowest BCUT2D eigenvalue weighted by atomic mass is 10.1. The van der Waals surface area contributed by atoms with E-state index in [1.54, 1.807) is 6.92 Å². The normalized spacial score (nSPS) is 12.4. The molecular weight excluding hydrogens is 404 g/mol. The van der Waals surface area contributed by atoms with Gasteiger partial charge in [0.15, 0.2) is 0 Å². The number of aryl methyl sites for hydroxylation is 2. The number of hydrogen-bond donors (Lipinski definition) is 1. The quantitative estimate of drug-likeness (QED) is 0.304. The fraction of sp³-hybridized carbons (Fsp3) is 0.412. The Morgan fingerprint density at radius 3 is 2.56 bits per heavy atom. The second-order valence-corrected chi connectivity index (χ2v) is 8.71. The van der Waals surface area contributed by atoms with Crippen molar-refractivity contribution in [1.82, 2.24) is 9.40 Å². The van der Waals surface area contributed by atoms with E-state index in [1.165, 1.54) is 0 Å². The fourth-order valence-electron chi connectivity index (χ4n) is 2.35. The number of sulfonamides is 1. The van der Waals surface area contributed by atoms with E-state index in [9.17, 15) is 8.42 Å². The maximum Gasteiger partial charge on any atom is 0.253 e. The maximum absolute atomic E-state index is 12.1. The number of imidazole rings is 1. The minimum atomic E-state index is -3.41. The number of benzene rings is 1. The summed E-state index contributed by atoms with van der Waals surface area (Å²) in [5, 5.41) is 4.00. The summed E-state index contributed by atoms with van der Waals surface area (Å²) in [5.74, 6) is 1.21. The van der Waals surface area contributed by atoms with E-state index in [2.05, 4.69) is 30.4 Å². The summed E-state index contributed by atoms with van der Waals surface area (Å²) in [6, 6.07) is 7.56. The zero-order valence-corrected chi connectivity index (χ0v) is 17.1. The van der Waals surface area contributed by atoms with E-state index in [4.69, 9.17) is 0 Å². The lowest BCUT2D eigenvalue weighted by molar-refractivity contribution is -0.677. The van der Waals surface area contributed by atoms with Gasteiger partial charge in [-0.15, -0.1) is 0 Å². The Bertz CT molecular complexity index is 842. The number of halogens is 1. The average molecular weight is 428 g/mol. The van der Waals surface area contributed by atoms with Crippen molar-refractivity contribution in [2.75, 3.05) is 5.75 Å². The SMILES string of the molecule is C/C(=N\NS(=O)(=O)CCCCn1cc[n+](C)c1C)c1ccc(Br)cc1. The minimum absolute atomic E-state index is 0.0660. The van der Waals surface area contributed by atoms with Gasteiger partial charge in [0.2, 0.25) is 10.0 Å². The van der Waals surface area contributed by atoms with Crippen LogP contribution in [0.5, 0.6) is 0 Å². The second-order valence-electron chi connectivity index (χ2n) is 5.97. The molecule has 0 saturated carbocycles. The number of rotatable bonds is 8. The first-order chi connectivity index (χ1) is 11.8. The Hall–Kier alpha value is -1.67. The molecule has 0 unspecified atom stereocenters. The third-order valence-electron chi connectivity index (χ3n) is 4.07. The highest BCUT2D eigenvalue weighted by Gasteiger charge is 2.11. The number of hydrazone groups is 1. The molecule has 0 radical (unpaired) electrons. The molecule has 6 nitrogen and oxygen atoms in total. The van der Waals surface area contributed by atoms with Crippen LogP contribution < -0.4 is 9.40 Å². The summed E-state index contributed by atoms with van der Waals surface area (Å²) in [5.41, 5.74) is 1.51. The van der Waals surface area contributed by atoms with E-state index in [-0.39, 0.29) is 5.75 Å². The molecule has 0 spiro atoms. The highest BCUT2D eigenvalue weighted by atomic mass is 79.9. The predicted molar refractivity (Wildman–Crippen MR) is 103 cm³/mol. The Morgan fingerprint density at radius 1 is 1.28 bits per heavy atom. The van der Waals surface area contributed by atoms with Crippen molar-refractivity contribution in [3.05, 3.63) is 52.5 Å². The molecule has 0 aliphatic heterocycles. The summed E-state index contributed by atoms with van der Waals surface area (Å²) in [4.78, 5) is 2.32. The smallest absolute Gasteiger partial charge is 0.237 e. The maximum atomic E-state index is 12.1. The lowest BCUT2D eigenvalue weighted by Crippen LogP contribution is -2.29. The molecule has 0 atom stereocenters. The van der Waals surface area contributed by atoms with Crippen LogP contribution in [0.1, 0.15) is 31.2 Å². The van der Waals surface area contributed by atoms with Gasteiger partial charge in [0, 0.05) is 11.4 Å². The minimum Gasteiger partial charge on any atom is -0.237 e. The molecule has 0 aliphatic rings. The fourth-order valence-corrected chi connectivity index (χ4v) is 3.56. The molecule has 1 aromatic heterocycles. The summed E-state index contributed by atoms with van der Waals surface area (Å²) < 4.78 is 29.3. The molecule has 0 bridgehead atoms. The van der Waals surface area contributed by atoms with Crippen molar-refractivity contribution in [2.45, 2.75) is 33.2 Å². The Labute approximate surface area is 157 Å². The highest BCUT2D eigenvalue weighted by Crippen LogP contribution is 2.11. The van der Waals surface area contributed by atoms with Gasteiger partial charge in [0.1, 0.15) is 12.4 Å². The standard InChI is InChI=1S/C17H24BrN4O2S/c1-14(16-6-8-17(18)9-7-16)19-20-25(23,24)13-5-4-10-22-12-11-21(3)15(22)2/h6-9,11-12,20H,4-5,10,13H2,1-3H3/q+1/b19-14+. The number of nitrogens with zero attached hydrogens (tertiary/aromatic N) is 3. The number of aromatic nitrogens is 2. The van der Waals surface area contributed by atoms with E-state index in [1.807, 2.05) is 55.2 Å². The van der Waals surface area contributed by atoms with Crippen LogP contribution in [0.15, 0.2) is 46.2 Å². The number of unbranched alkanes of at least 4 members (excludes halogenated alkanes) is 1. The van der Waals surface area contributed by atoms with Crippen LogP contribution in [0.3, 0.4) is 0 Å². The van der Waals surface area contributed by atoms with Crippen molar-refractivity contribution < 1.29 is 13.0 Å². The predicted octanol–water partition coefficient (Wildman–Crippen LogP) is 2.51. The van der Waals surface area contributed by atoms with Gasteiger partial charge in [-0.25, -0.2) is 22.4 Å². The van der Waals surface area contributed by atoms with Gasteiger partial charge < -0.3 is 0 Å². The van der Waals surface area contributed by atoms with Crippen molar-refractivity contribution in [1.29, 1.82) is 0 Å². The van der Waals surface area contributed by atoms with Gasteiger partial charge in [-0.3, -0.25) is 0 Å². The van der Waals surface area contributed by atoms with Gasteiger partial charge in [-0.2, -0.15) is 5.10 Å². The third kappa shape index (κ3) is 5.97. The molecule has 136 valence electrons. The Balaban J connectivity index is 1.82. The average Bonchev–Trinajstić information content (AvgIpc) is 2.89. The van der Waals surface area contributed by atoms with Gasteiger partial charge in [-0.1, -0.05) is 28.1 Å². The van der Waals surface area contributed by atoms with E-state index >= 15 is 0 Å². The second kappa shape index (κ2) is 8.62. The van der Waals surface area contributed by atoms with Crippen LogP contribution in [0.25, 0.3) is 0 Å². The molecular formula is C17H24BrN4O2S+. The molecule has 0 aliphatic carbocycles. The van der Waals surface area contributed by atoms with Gasteiger partial charge in [-0.05, 0) is 37.5 Å². The topological polar surface area (TPSA) is 67.3 Å². The molecule has 1 aromatic carbocycles. The van der Waals surface area contributed by atoms with Crippen LogP contribution >= 0.6 is 15.9 Å². The molecule has 25 heavy (non-hydrogen) atoms. The Kier molecular flexibility index (Phi) is 6.78. The van der Waals surface area contributed by atoms with Crippen molar-refractivity contribution in [3.63, 3.8) is 0 Å². The van der Waals surface area contributed by atoms with Crippen LogP contribution in [0, 0.1) is 6.92 Å². The van der Waals surface area contributed by atoms with Crippen LogP contribution in [0.4, 0.5) is 0 Å². The van der Waals surface area contributed by atoms with Gasteiger partial charge in [0.25, 0.3) is 5.82 Å². The largest absolute Gasteiger partial charge is 0.253 e. The van der Waals surface area contributed by atoms with Crippen molar-refractivity contribution >= 4 is 31.7 Å². The van der Waals surface area contributed by atoms with E-state index < -0.39 is 10.0 Å². The number of nitrogens with one attached hydrogen (secondary N) is 1. The molecule has 2 aromatic rings. The van der Waals surface area contributed by atoms with Gasteiger partial charge >= 0.3 is 0 Å². The summed E-state index contributed by atoms with van der Waals surface area (Å²) >= 11 is 3.37. The summed E-state index contributed by atoms with van der Waals surface area (Å²) in [6.07, 6.45) is 5.39. The lowest BCUT2D eigenvalue weighted by Gasteiger charge is -2.05. The molecule has 0 amide bonds. The highest BCUT2D eigenvalue weighted by molar-refractivity contribution is 9.10. The Morgan fingerprint density at radius 2 is 1.96 bits per heavy atom. The molecule has 1 heterocycles. The third-order valence-corrected chi connectivity index (χ3v) is 5.80. The van der Waals surface area contributed by atoms with Crippen LogP contribution in [0.2, 0.25) is 0 Å². The van der Waals surface area contributed by atoms with E-state index in [0.717, 1.165) is 28.8 Å². The molecule has 1 N–H and O–H groups in total. The number of hydrogen-bond acceptors (Lipinski definition) is 3. The first-order valence-electron chi connectivity index (χ1n) is 8.09. The first kappa shape index (κ1) is 19.7. The molecule has 2 rings (SSSR count). The molecule has 8 heteroatoms.